The lowest BCUT2D eigenvalue weighted by Gasteiger charge is -2.22. The van der Waals surface area contributed by atoms with E-state index in [4.69, 9.17) is 0 Å². The van der Waals surface area contributed by atoms with Crippen LogP contribution in [0.4, 0.5) is 5.95 Å². The number of anilines is 1. The average Bonchev–Trinajstić information content (AvgIpc) is 2.40. The third-order valence-electron chi connectivity index (χ3n) is 3.00. The molecular formula is C12H20N4S. The lowest BCUT2D eigenvalue weighted by atomic mass is 10.2. The van der Waals surface area contributed by atoms with Crippen molar-refractivity contribution in [2.24, 2.45) is 0 Å². The highest BCUT2D eigenvalue weighted by Crippen LogP contribution is 2.19. The normalized spacial score (nSPS) is 20.2. The number of aromatic nitrogens is 3. The van der Waals surface area contributed by atoms with Crippen molar-refractivity contribution in [3.8, 4) is 0 Å². The minimum absolute atomic E-state index is 0.507. The average molecular weight is 252 g/mol. The first-order valence-electron chi connectivity index (χ1n) is 6.40. The van der Waals surface area contributed by atoms with Gasteiger partial charge in [0.25, 0.3) is 0 Å². The summed E-state index contributed by atoms with van der Waals surface area (Å²) >= 11 is 2.00. The van der Waals surface area contributed by atoms with Crippen LogP contribution >= 0.6 is 11.8 Å². The third-order valence-corrected chi connectivity index (χ3v) is 4.22. The van der Waals surface area contributed by atoms with Gasteiger partial charge >= 0.3 is 0 Å². The predicted molar refractivity (Wildman–Crippen MR) is 72.6 cm³/mol. The van der Waals surface area contributed by atoms with E-state index in [1.54, 1.807) is 0 Å². The van der Waals surface area contributed by atoms with Gasteiger partial charge in [-0.05, 0) is 31.4 Å². The topological polar surface area (TPSA) is 50.7 Å². The first-order valence-corrected chi connectivity index (χ1v) is 7.55. The maximum atomic E-state index is 4.56. The highest BCUT2D eigenvalue weighted by atomic mass is 32.2. The fourth-order valence-corrected chi connectivity index (χ4v) is 3.11. The Kier molecular flexibility index (Phi) is 4.59. The molecule has 0 amide bonds. The molecule has 5 heteroatoms. The summed E-state index contributed by atoms with van der Waals surface area (Å²) in [6.45, 7) is 4.21. The van der Waals surface area contributed by atoms with Gasteiger partial charge in [0.1, 0.15) is 0 Å². The van der Waals surface area contributed by atoms with Gasteiger partial charge in [0, 0.05) is 11.8 Å². The molecule has 1 N–H and O–H groups in total. The molecule has 0 radical (unpaired) electrons. The van der Waals surface area contributed by atoms with Gasteiger partial charge in [0.05, 0.1) is 11.4 Å². The summed E-state index contributed by atoms with van der Waals surface area (Å²) in [5, 5.41) is 11.8. The summed E-state index contributed by atoms with van der Waals surface area (Å²) < 4.78 is 0. The summed E-state index contributed by atoms with van der Waals surface area (Å²) in [5.41, 5.74) is 2.10. The van der Waals surface area contributed by atoms with Crippen molar-refractivity contribution in [2.75, 3.05) is 16.8 Å². The number of rotatable bonds is 4. The number of nitrogens with one attached hydrogen (secondary N) is 1. The van der Waals surface area contributed by atoms with E-state index >= 15 is 0 Å². The minimum Gasteiger partial charge on any atom is -0.349 e. The molecule has 1 saturated heterocycles. The molecule has 0 aromatic carbocycles. The molecule has 0 bridgehead atoms. The number of hydrogen-bond acceptors (Lipinski definition) is 5. The molecule has 0 saturated carbocycles. The van der Waals surface area contributed by atoms with Gasteiger partial charge in [-0.1, -0.05) is 13.8 Å². The summed E-state index contributed by atoms with van der Waals surface area (Å²) in [4.78, 5) is 4.56. The second-order valence-corrected chi connectivity index (χ2v) is 5.44. The van der Waals surface area contributed by atoms with Crippen molar-refractivity contribution in [3.05, 3.63) is 11.4 Å². The molecule has 0 spiro atoms. The van der Waals surface area contributed by atoms with Crippen LogP contribution in [-0.4, -0.2) is 32.7 Å². The van der Waals surface area contributed by atoms with Crippen molar-refractivity contribution >= 4 is 17.7 Å². The Labute approximate surface area is 107 Å². The van der Waals surface area contributed by atoms with Crippen LogP contribution in [0.1, 0.15) is 38.1 Å². The Morgan fingerprint density at radius 2 is 2.06 bits per heavy atom. The molecular weight excluding hydrogens is 232 g/mol. The second kappa shape index (κ2) is 6.19. The van der Waals surface area contributed by atoms with Crippen molar-refractivity contribution in [2.45, 2.75) is 45.6 Å². The molecule has 4 nitrogen and oxygen atoms in total. The Morgan fingerprint density at radius 3 is 2.71 bits per heavy atom. The first kappa shape index (κ1) is 12.6. The van der Waals surface area contributed by atoms with Gasteiger partial charge in [-0.25, -0.2) is 4.98 Å². The van der Waals surface area contributed by atoms with Crippen LogP contribution in [-0.2, 0) is 12.8 Å². The van der Waals surface area contributed by atoms with E-state index in [2.05, 4.69) is 34.3 Å². The maximum Gasteiger partial charge on any atom is 0.243 e. The van der Waals surface area contributed by atoms with Crippen molar-refractivity contribution in [1.29, 1.82) is 0 Å². The third kappa shape index (κ3) is 3.31. The van der Waals surface area contributed by atoms with E-state index in [1.165, 1.54) is 18.6 Å². The van der Waals surface area contributed by atoms with Gasteiger partial charge in [0.2, 0.25) is 5.95 Å². The SMILES string of the molecule is CCc1nnc(NC2CCCSC2)nc1CC. The molecule has 2 rings (SSSR count). The monoisotopic (exact) mass is 252 g/mol. The number of thioether (sulfide) groups is 1. The Bertz CT molecular complexity index is 364. The van der Waals surface area contributed by atoms with E-state index in [-0.39, 0.29) is 0 Å². The van der Waals surface area contributed by atoms with E-state index in [9.17, 15) is 0 Å². The number of hydrogen-bond donors (Lipinski definition) is 1. The van der Waals surface area contributed by atoms with Crippen LogP contribution in [0.3, 0.4) is 0 Å². The van der Waals surface area contributed by atoms with Gasteiger partial charge in [-0.15, -0.1) is 5.10 Å². The quantitative estimate of drug-likeness (QED) is 0.891. The summed E-state index contributed by atoms with van der Waals surface area (Å²) in [7, 11) is 0. The maximum absolute atomic E-state index is 4.56. The van der Waals surface area contributed by atoms with Crippen LogP contribution < -0.4 is 5.32 Å². The summed E-state index contributed by atoms with van der Waals surface area (Å²) in [6.07, 6.45) is 4.33. The molecule has 1 aliphatic rings. The lowest BCUT2D eigenvalue weighted by Crippen LogP contribution is -2.27. The molecule has 94 valence electrons. The van der Waals surface area contributed by atoms with Gasteiger partial charge < -0.3 is 5.32 Å². The standard InChI is InChI=1S/C12H20N4S/c1-3-10-11(4-2)15-16-12(14-10)13-9-6-5-7-17-8-9/h9H,3-8H2,1-2H3,(H,13,14,16). The van der Waals surface area contributed by atoms with Gasteiger partial charge in [-0.3, -0.25) is 0 Å². The molecule has 2 heterocycles. The Balaban J connectivity index is 2.05. The van der Waals surface area contributed by atoms with Crippen LogP contribution in [0.15, 0.2) is 0 Å². The van der Waals surface area contributed by atoms with Gasteiger partial charge in [-0.2, -0.15) is 16.9 Å². The molecule has 1 aromatic heterocycles. The van der Waals surface area contributed by atoms with E-state index < -0.39 is 0 Å². The van der Waals surface area contributed by atoms with Crippen molar-refractivity contribution in [1.82, 2.24) is 15.2 Å². The lowest BCUT2D eigenvalue weighted by molar-refractivity contribution is 0.672. The zero-order valence-corrected chi connectivity index (χ0v) is 11.4. The largest absolute Gasteiger partial charge is 0.349 e. The van der Waals surface area contributed by atoms with Crippen LogP contribution in [0, 0.1) is 0 Å². The highest BCUT2D eigenvalue weighted by Gasteiger charge is 2.15. The zero-order valence-electron chi connectivity index (χ0n) is 10.6. The fraction of sp³-hybridized carbons (Fsp3) is 0.750. The molecule has 1 fully saturated rings. The molecule has 17 heavy (non-hydrogen) atoms. The molecule has 1 atom stereocenters. The van der Waals surface area contributed by atoms with E-state index in [1.807, 2.05) is 11.8 Å². The summed E-state index contributed by atoms with van der Waals surface area (Å²) in [5.74, 6) is 3.14. The zero-order chi connectivity index (χ0) is 12.1. The molecule has 1 aromatic rings. The van der Waals surface area contributed by atoms with E-state index in [0.717, 1.165) is 30.0 Å². The molecule has 1 unspecified atom stereocenters. The van der Waals surface area contributed by atoms with E-state index in [0.29, 0.717) is 12.0 Å². The highest BCUT2D eigenvalue weighted by molar-refractivity contribution is 7.99. The first-order chi connectivity index (χ1) is 8.33. The van der Waals surface area contributed by atoms with Crippen LogP contribution in [0.25, 0.3) is 0 Å². The minimum atomic E-state index is 0.507. The number of nitrogens with zero attached hydrogens (tertiary/aromatic N) is 3. The smallest absolute Gasteiger partial charge is 0.243 e. The van der Waals surface area contributed by atoms with Crippen molar-refractivity contribution in [3.63, 3.8) is 0 Å². The Morgan fingerprint density at radius 1 is 1.24 bits per heavy atom. The Hall–Kier alpha value is -0.840. The van der Waals surface area contributed by atoms with Crippen LogP contribution in [0.5, 0.6) is 0 Å². The molecule has 0 aliphatic carbocycles. The van der Waals surface area contributed by atoms with Crippen molar-refractivity contribution < 1.29 is 0 Å². The van der Waals surface area contributed by atoms with Crippen LogP contribution in [0.2, 0.25) is 0 Å². The fourth-order valence-electron chi connectivity index (χ4n) is 2.04. The summed E-state index contributed by atoms with van der Waals surface area (Å²) in [6, 6.07) is 0.507. The molecule has 1 aliphatic heterocycles. The predicted octanol–water partition coefficient (Wildman–Crippen LogP) is 2.30. The van der Waals surface area contributed by atoms with Gasteiger partial charge in [0.15, 0.2) is 0 Å². The second-order valence-electron chi connectivity index (χ2n) is 4.29. The number of aryl methyl sites for hydroxylation is 2.